The molecule has 2 N–H and O–H groups in total. The second kappa shape index (κ2) is 6.89. The van der Waals surface area contributed by atoms with Crippen molar-refractivity contribution in [2.75, 3.05) is 5.32 Å². The van der Waals surface area contributed by atoms with Crippen LogP contribution in [0.25, 0.3) is 0 Å². The predicted molar refractivity (Wildman–Crippen MR) is 83.4 cm³/mol. The molecule has 3 atom stereocenters. The summed E-state index contributed by atoms with van der Waals surface area (Å²) in [6.07, 6.45) is 4.60. The van der Waals surface area contributed by atoms with Gasteiger partial charge in [0.05, 0.1) is 11.0 Å². The lowest BCUT2D eigenvalue weighted by Gasteiger charge is -2.35. The Morgan fingerprint density at radius 2 is 2.24 bits per heavy atom. The van der Waals surface area contributed by atoms with E-state index in [4.69, 9.17) is 0 Å². The number of non-ortho nitro benzene ring substituents is 1. The van der Waals surface area contributed by atoms with Crippen LogP contribution in [0.4, 0.5) is 11.4 Å². The van der Waals surface area contributed by atoms with Gasteiger partial charge < -0.3 is 10.4 Å². The lowest BCUT2D eigenvalue weighted by Crippen LogP contribution is -2.34. The van der Waals surface area contributed by atoms with Gasteiger partial charge in [-0.25, -0.2) is 0 Å². The van der Waals surface area contributed by atoms with E-state index < -0.39 is 11.0 Å². The first-order valence-electron chi connectivity index (χ1n) is 7.79. The average Bonchev–Trinajstić information content (AvgIpc) is 2.47. The maximum Gasteiger partial charge on any atom is 0.269 e. The van der Waals surface area contributed by atoms with Gasteiger partial charge >= 0.3 is 0 Å². The first-order valence-corrected chi connectivity index (χ1v) is 7.79. The first kappa shape index (κ1) is 15.8. The summed E-state index contributed by atoms with van der Waals surface area (Å²) in [5, 5.41) is 24.7. The molecule has 1 aliphatic rings. The van der Waals surface area contributed by atoms with Crippen LogP contribution in [0.5, 0.6) is 0 Å². The van der Waals surface area contributed by atoms with E-state index in [-0.39, 0.29) is 11.7 Å². The number of nitro benzene ring substituents is 1. The highest BCUT2D eigenvalue weighted by Crippen LogP contribution is 2.38. The highest BCUT2D eigenvalue weighted by molar-refractivity contribution is 5.59. The van der Waals surface area contributed by atoms with E-state index in [2.05, 4.69) is 19.2 Å². The smallest absolute Gasteiger partial charge is 0.269 e. The molecular weight excluding hydrogens is 268 g/mol. The van der Waals surface area contributed by atoms with Crippen LogP contribution in [-0.2, 0) is 0 Å². The van der Waals surface area contributed by atoms with E-state index in [9.17, 15) is 15.2 Å². The van der Waals surface area contributed by atoms with Crippen LogP contribution in [-0.4, -0.2) is 16.1 Å². The number of hydrogen-bond acceptors (Lipinski definition) is 4. The molecule has 0 radical (unpaired) electrons. The van der Waals surface area contributed by atoms with Crippen LogP contribution in [0.15, 0.2) is 18.2 Å². The zero-order valence-electron chi connectivity index (χ0n) is 12.7. The Morgan fingerprint density at radius 3 is 2.86 bits per heavy atom. The number of aliphatic hydroxyl groups is 1. The van der Waals surface area contributed by atoms with E-state index in [0.29, 0.717) is 17.9 Å². The molecule has 0 aromatic heterocycles. The van der Waals surface area contributed by atoms with Gasteiger partial charge in [0.1, 0.15) is 0 Å². The van der Waals surface area contributed by atoms with Gasteiger partial charge in [-0.2, -0.15) is 0 Å². The molecule has 0 bridgehead atoms. The summed E-state index contributed by atoms with van der Waals surface area (Å²) < 4.78 is 0. The van der Waals surface area contributed by atoms with E-state index in [0.717, 1.165) is 18.5 Å². The Balaban J connectivity index is 2.18. The predicted octanol–water partition coefficient (Wildman–Crippen LogP) is 4.03. The molecule has 1 aromatic carbocycles. The number of anilines is 1. The molecule has 1 heterocycles. The second-order valence-electron chi connectivity index (χ2n) is 5.84. The standard InChI is InChI=1S/C16H24N2O3/c1-3-5-6-11(4-2)15-10-16(19)13-9-12(18(20)21)7-8-14(13)17-15/h7-9,11,15-17,19H,3-6,10H2,1-2H3. The summed E-state index contributed by atoms with van der Waals surface area (Å²) in [6, 6.07) is 4.94. The van der Waals surface area contributed by atoms with Gasteiger partial charge in [-0.3, -0.25) is 10.1 Å². The highest BCUT2D eigenvalue weighted by Gasteiger charge is 2.30. The number of fused-ring (bicyclic) bond motifs is 1. The van der Waals surface area contributed by atoms with Gasteiger partial charge in [0.2, 0.25) is 0 Å². The molecule has 0 saturated carbocycles. The van der Waals surface area contributed by atoms with Crippen LogP contribution in [0.2, 0.25) is 0 Å². The number of benzene rings is 1. The number of hydrogen-bond donors (Lipinski definition) is 2. The summed E-state index contributed by atoms with van der Waals surface area (Å²) in [4.78, 5) is 10.4. The van der Waals surface area contributed by atoms with Gasteiger partial charge in [0, 0.05) is 29.4 Å². The SMILES string of the molecule is CCCCC(CC)C1CC(O)c2cc([N+](=O)[O-])ccc2N1. The maximum atomic E-state index is 10.8. The molecule has 1 aromatic rings. The Bertz CT molecular complexity index is 504. The molecular formula is C16H24N2O3. The van der Waals surface area contributed by atoms with E-state index >= 15 is 0 Å². The fourth-order valence-electron chi connectivity index (χ4n) is 3.16. The zero-order chi connectivity index (χ0) is 15.4. The molecule has 0 fully saturated rings. The number of rotatable bonds is 6. The van der Waals surface area contributed by atoms with E-state index in [1.54, 1.807) is 6.07 Å². The van der Waals surface area contributed by atoms with Crippen molar-refractivity contribution in [2.45, 2.75) is 58.1 Å². The van der Waals surface area contributed by atoms with Crippen molar-refractivity contribution in [1.82, 2.24) is 0 Å². The Hall–Kier alpha value is -1.62. The Labute approximate surface area is 125 Å². The quantitative estimate of drug-likeness (QED) is 0.613. The summed E-state index contributed by atoms with van der Waals surface area (Å²) in [5.41, 5.74) is 1.51. The van der Waals surface area contributed by atoms with Gasteiger partial charge in [-0.05, 0) is 24.8 Å². The van der Waals surface area contributed by atoms with Crippen molar-refractivity contribution < 1.29 is 10.0 Å². The normalized spacial score (nSPS) is 22.2. The molecule has 0 spiro atoms. The number of aliphatic hydroxyl groups excluding tert-OH is 1. The summed E-state index contributed by atoms with van der Waals surface area (Å²) >= 11 is 0. The summed E-state index contributed by atoms with van der Waals surface area (Å²) in [5.74, 6) is 0.531. The zero-order valence-corrected chi connectivity index (χ0v) is 12.7. The van der Waals surface area contributed by atoms with Crippen molar-refractivity contribution in [1.29, 1.82) is 0 Å². The lowest BCUT2D eigenvalue weighted by molar-refractivity contribution is -0.385. The minimum atomic E-state index is -0.623. The molecule has 5 nitrogen and oxygen atoms in total. The van der Waals surface area contributed by atoms with E-state index in [1.165, 1.54) is 25.0 Å². The number of nitro groups is 1. The molecule has 3 unspecified atom stereocenters. The third kappa shape index (κ3) is 3.53. The third-order valence-corrected chi connectivity index (χ3v) is 4.44. The van der Waals surface area contributed by atoms with Crippen molar-refractivity contribution >= 4 is 11.4 Å². The third-order valence-electron chi connectivity index (χ3n) is 4.44. The molecule has 21 heavy (non-hydrogen) atoms. The van der Waals surface area contributed by atoms with Crippen LogP contribution in [0.3, 0.4) is 0 Å². The van der Waals surface area contributed by atoms with Gasteiger partial charge in [0.25, 0.3) is 5.69 Å². The fourth-order valence-corrected chi connectivity index (χ4v) is 3.16. The first-order chi connectivity index (χ1) is 10.1. The van der Waals surface area contributed by atoms with Crippen LogP contribution in [0, 0.1) is 16.0 Å². The van der Waals surface area contributed by atoms with Crippen molar-refractivity contribution in [2.24, 2.45) is 5.92 Å². The number of unbranched alkanes of at least 4 members (excludes halogenated alkanes) is 1. The largest absolute Gasteiger partial charge is 0.388 e. The maximum absolute atomic E-state index is 10.8. The van der Waals surface area contributed by atoms with Gasteiger partial charge in [-0.1, -0.05) is 33.1 Å². The Morgan fingerprint density at radius 1 is 1.48 bits per heavy atom. The van der Waals surface area contributed by atoms with Crippen LogP contribution >= 0.6 is 0 Å². The molecule has 0 saturated heterocycles. The van der Waals surface area contributed by atoms with Crippen LogP contribution < -0.4 is 5.32 Å². The van der Waals surface area contributed by atoms with E-state index in [1.807, 2.05) is 0 Å². The molecule has 116 valence electrons. The fraction of sp³-hybridized carbons (Fsp3) is 0.625. The minimum absolute atomic E-state index is 0.0334. The highest BCUT2D eigenvalue weighted by atomic mass is 16.6. The summed E-state index contributed by atoms with van der Waals surface area (Å²) in [6.45, 7) is 4.37. The lowest BCUT2D eigenvalue weighted by atomic mass is 9.83. The number of nitrogens with one attached hydrogen (secondary N) is 1. The minimum Gasteiger partial charge on any atom is -0.388 e. The molecule has 2 rings (SSSR count). The molecule has 1 aliphatic heterocycles. The van der Waals surface area contributed by atoms with Gasteiger partial charge in [0.15, 0.2) is 0 Å². The molecule has 0 amide bonds. The average molecular weight is 292 g/mol. The van der Waals surface area contributed by atoms with Crippen molar-refractivity contribution in [3.63, 3.8) is 0 Å². The molecule has 5 heteroatoms. The topological polar surface area (TPSA) is 75.4 Å². The van der Waals surface area contributed by atoms with Gasteiger partial charge in [-0.15, -0.1) is 0 Å². The van der Waals surface area contributed by atoms with Crippen LogP contribution in [0.1, 0.15) is 57.6 Å². The molecule has 0 aliphatic carbocycles. The summed E-state index contributed by atoms with van der Waals surface area (Å²) in [7, 11) is 0. The second-order valence-corrected chi connectivity index (χ2v) is 5.84. The van der Waals surface area contributed by atoms with Crippen molar-refractivity contribution in [3.8, 4) is 0 Å². The Kier molecular flexibility index (Phi) is 5.17. The van der Waals surface area contributed by atoms with Crippen molar-refractivity contribution in [3.05, 3.63) is 33.9 Å². The monoisotopic (exact) mass is 292 g/mol. The number of nitrogens with zero attached hydrogens (tertiary/aromatic N) is 1.